The Hall–Kier alpha value is -3.09. The van der Waals surface area contributed by atoms with E-state index in [-0.39, 0.29) is 36.5 Å². The average Bonchev–Trinajstić information content (AvgIpc) is 3.29. The number of rotatable bonds is 2. The molecule has 142 valence electrons. The van der Waals surface area contributed by atoms with Gasteiger partial charge in [0.15, 0.2) is 12.0 Å². The molecule has 0 spiro atoms. The van der Waals surface area contributed by atoms with Crippen LogP contribution >= 0.6 is 0 Å². The first kappa shape index (κ1) is 17.0. The SMILES string of the molecule is O=C(c1nc2n(n1)[C@H](c1ccccc1)C[C@@H]2F)N1CCc2cccc(F)c2C1. The number of hydrogen-bond acceptors (Lipinski definition) is 3. The lowest BCUT2D eigenvalue weighted by molar-refractivity contribution is 0.0719. The number of carbonyl (C=O) groups is 1. The summed E-state index contributed by atoms with van der Waals surface area (Å²) in [6, 6.07) is 14.2. The molecule has 2 atom stereocenters. The Labute approximate surface area is 160 Å². The van der Waals surface area contributed by atoms with Gasteiger partial charge in [-0.1, -0.05) is 42.5 Å². The van der Waals surface area contributed by atoms with Crippen molar-refractivity contribution in [2.45, 2.75) is 31.6 Å². The second-order valence-corrected chi connectivity index (χ2v) is 7.22. The molecule has 5 nitrogen and oxygen atoms in total. The minimum atomic E-state index is -1.27. The van der Waals surface area contributed by atoms with Crippen LogP contribution in [0.5, 0.6) is 0 Å². The molecule has 2 aliphatic rings. The van der Waals surface area contributed by atoms with E-state index in [2.05, 4.69) is 10.1 Å². The molecule has 0 radical (unpaired) electrons. The number of fused-ring (bicyclic) bond motifs is 2. The van der Waals surface area contributed by atoms with Crippen LogP contribution in [0.2, 0.25) is 0 Å². The molecule has 5 rings (SSSR count). The molecule has 0 bridgehead atoms. The highest BCUT2D eigenvalue weighted by atomic mass is 19.1. The summed E-state index contributed by atoms with van der Waals surface area (Å²) in [6.45, 7) is 0.631. The van der Waals surface area contributed by atoms with E-state index in [0.717, 1.165) is 11.1 Å². The van der Waals surface area contributed by atoms with E-state index in [0.29, 0.717) is 18.5 Å². The molecule has 1 amide bonds. The third-order valence-electron chi connectivity index (χ3n) is 5.54. The minimum absolute atomic E-state index is 0.0296. The van der Waals surface area contributed by atoms with Crippen LogP contribution in [0, 0.1) is 5.82 Å². The van der Waals surface area contributed by atoms with Gasteiger partial charge in [-0.05, 0) is 23.6 Å². The highest BCUT2D eigenvalue weighted by molar-refractivity contribution is 5.90. The summed E-state index contributed by atoms with van der Waals surface area (Å²) in [5.41, 5.74) is 2.37. The Balaban J connectivity index is 1.43. The van der Waals surface area contributed by atoms with Gasteiger partial charge in [-0.25, -0.2) is 18.4 Å². The fourth-order valence-electron chi connectivity index (χ4n) is 4.08. The van der Waals surface area contributed by atoms with Gasteiger partial charge in [0.1, 0.15) is 5.82 Å². The van der Waals surface area contributed by atoms with E-state index in [1.165, 1.54) is 15.6 Å². The van der Waals surface area contributed by atoms with Crippen molar-refractivity contribution in [1.29, 1.82) is 0 Å². The summed E-state index contributed by atoms with van der Waals surface area (Å²) in [7, 11) is 0. The number of aromatic nitrogens is 3. The lowest BCUT2D eigenvalue weighted by atomic mass is 9.99. The van der Waals surface area contributed by atoms with Crippen LogP contribution in [-0.2, 0) is 13.0 Å². The molecule has 3 aromatic rings. The number of nitrogens with zero attached hydrogens (tertiary/aromatic N) is 4. The monoisotopic (exact) mass is 380 g/mol. The highest BCUT2D eigenvalue weighted by Gasteiger charge is 2.37. The molecule has 0 unspecified atom stereocenters. The average molecular weight is 380 g/mol. The quantitative estimate of drug-likeness (QED) is 0.682. The van der Waals surface area contributed by atoms with Gasteiger partial charge in [-0.2, -0.15) is 0 Å². The second kappa shape index (κ2) is 6.51. The number of alkyl halides is 1. The van der Waals surface area contributed by atoms with Gasteiger partial charge >= 0.3 is 0 Å². The fraction of sp³-hybridized carbons (Fsp3) is 0.286. The summed E-state index contributed by atoms with van der Waals surface area (Å²) in [5.74, 6) is -0.558. The highest BCUT2D eigenvalue weighted by Crippen LogP contribution is 2.39. The molecule has 28 heavy (non-hydrogen) atoms. The largest absolute Gasteiger partial charge is 0.331 e. The van der Waals surface area contributed by atoms with Crippen LogP contribution in [0.1, 0.15) is 51.8 Å². The minimum Gasteiger partial charge on any atom is -0.331 e. The normalized spacial score (nSPS) is 20.7. The third-order valence-corrected chi connectivity index (χ3v) is 5.54. The van der Waals surface area contributed by atoms with E-state index in [4.69, 9.17) is 0 Å². The first-order chi connectivity index (χ1) is 13.6. The fourth-order valence-corrected chi connectivity index (χ4v) is 4.08. The Bertz CT molecular complexity index is 1050. The number of hydrogen-bond donors (Lipinski definition) is 0. The van der Waals surface area contributed by atoms with Crippen LogP contribution in [0.25, 0.3) is 0 Å². The standard InChI is InChI=1S/C21H18F2N4O/c22-16-8-4-7-13-9-10-26(12-15(13)16)21(28)19-24-20-17(23)11-18(27(20)25-19)14-5-2-1-3-6-14/h1-8,17-18H,9-12H2/t17-,18-/m0/s1. The van der Waals surface area contributed by atoms with Gasteiger partial charge in [0.25, 0.3) is 5.91 Å². The van der Waals surface area contributed by atoms with Crippen molar-refractivity contribution in [2.75, 3.05) is 6.54 Å². The zero-order chi connectivity index (χ0) is 19.3. The Morgan fingerprint density at radius 2 is 1.93 bits per heavy atom. The molecule has 3 heterocycles. The van der Waals surface area contributed by atoms with Crippen LogP contribution < -0.4 is 0 Å². The van der Waals surface area contributed by atoms with Crippen LogP contribution in [0.3, 0.4) is 0 Å². The van der Waals surface area contributed by atoms with Crippen LogP contribution in [0.4, 0.5) is 8.78 Å². The zero-order valence-corrected chi connectivity index (χ0v) is 15.1. The number of benzene rings is 2. The van der Waals surface area contributed by atoms with E-state index < -0.39 is 12.1 Å². The molecule has 0 saturated carbocycles. The predicted octanol–water partition coefficient (Wildman–Crippen LogP) is 3.62. The summed E-state index contributed by atoms with van der Waals surface area (Å²) < 4.78 is 30.2. The number of halogens is 2. The molecular weight excluding hydrogens is 362 g/mol. The Kier molecular flexibility index (Phi) is 3.96. The summed E-state index contributed by atoms with van der Waals surface area (Å²) in [6.07, 6.45) is -0.431. The molecule has 0 fully saturated rings. The first-order valence-corrected chi connectivity index (χ1v) is 9.33. The smallest absolute Gasteiger partial charge is 0.293 e. The molecule has 2 aliphatic heterocycles. The van der Waals surface area contributed by atoms with Gasteiger partial charge in [-0.15, -0.1) is 5.10 Å². The van der Waals surface area contributed by atoms with Crippen molar-refractivity contribution in [2.24, 2.45) is 0 Å². The van der Waals surface area contributed by atoms with Crippen LogP contribution in [0.15, 0.2) is 48.5 Å². The number of carbonyl (C=O) groups excluding carboxylic acids is 1. The second-order valence-electron chi connectivity index (χ2n) is 7.22. The summed E-state index contributed by atoms with van der Waals surface area (Å²) in [4.78, 5) is 18.6. The lowest BCUT2D eigenvalue weighted by Crippen LogP contribution is -2.37. The molecule has 0 N–H and O–H groups in total. The van der Waals surface area contributed by atoms with Gasteiger partial charge < -0.3 is 4.90 Å². The van der Waals surface area contributed by atoms with Crippen molar-refractivity contribution in [3.05, 3.63) is 82.7 Å². The van der Waals surface area contributed by atoms with E-state index in [9.17, 15) is 13.6 Å². The van der Waals surface area contributed by atoms with E-state index >= 15 is 0 Å². The maximum absolute atomic E-state index is 14.5. The summed E-state index contributed by atoms with van der Waals surface area (Å²) in [5, 5.41) is 4.33. The predicted molar refractivity (Wildman–Crippen MR) is 97.9 cm³/mol. The molecular formula is C21H18F2N4O. The van der Waals surface area contributed by atoms with Crippen LogP contribution in [-0.4, -0.2) is 32.1 Å². The third kappa shape index (κ3) is 2.69. The van der Waals surface area contributed by atoms with Crippen molar-refractivity contribution < 1.29 is 13.6 Å². The lowest BCUT2D eigenvalue weighted by Gasteiger charge is -2.28. The van der Waals surface area contributed by atoms with Crippen molar-refractivity contribution in [1.82, 2.24) is 19.7 Å². The Morgan fingerprint density at radius 1 is 1.11 bits per heavy atom. The maximum atomic E-state index is 14.5. The molecule has 0 aliphatic carbocycles. The Morgan fingerprint density at radius 3 is 2.75 bits per heavy atom. The zero-order valence-electron chi connectivity index (χ0n) is 15.1. The molecule has 1 aromatic heterocycles. The first-order valence-electron chi connectivity index (χ1n) is 9.33. The van der Waals surface area contributed by atoms with Crippen molar-refractivity contribution in [3.63, 3.8) is 0 Å². The number of amides is 1. The van der Waals surface area contributed by atoms with Gasteiger partial charge in [0, 0.05) is 25.1 Å². The summed E-state index contributed by atoms with van der Waals surface area (Å²) >= 11 is 0. The molecule has 2 aromatic carbocycles. The molecule has 7 heteroatoms. The topological polar surface area (TPSA) is 51.0 Å². The van der Waals surface area contributed by atoms with Crippen molar-refractivity contribution >= 4 is 5.91 Å². The molecule has 0 saturated heterocycles. The van der Waals surface area contributed by atoms with Gasteiger partial charge in [0.05, 0.1) is 6.04 Å². The van der Waals surface area contributed by atoms with Gasteiger partial charge in [0.2, 0.25) is 5.82 Å². The van der Waals surface area contributed by atoms with E-state index in [1.54, 1.807) is 6.07 Å². The van der Waals surface area contributed by atoms with Gasteiger partial charge in [-0.3, -0.25) is 4.79 Å². The van der Waals surface area contributed by atoms with E-state index in [1.807, 2.05) is 36.4 Å². The van der Waals surface area contributed by atoms with Crippen molar-refractivity contribution in [3.8, 4) is 0 Å². The maximum Gasteiger partial charge on any atom is 0.293 e.